The van der Waals surface area contributed by atoms with Crippen molar-refractivity contribution in [3.63, 3.8) is 0 Å². The van der Waals surface area contributed by atoms with Crippen molar-refractivity contribution in [2.75, 3.05) is 38.1 Å². The largest absolute Gasteiger partial charge is 0.465 e. The van der Waals surface area contributed by atoms with Crippen molar-refractivity contribution in [1.82, 2.24) is 15.2 Å². The molecule has 1 aliphatic heterocycles. The van der Waals surface area contributed by atoms with E-state index < -0.39 is 6.09 Å². The molecule has 7 nitrogen and oxygen atoms in total. The Morgan fingerprint density at radius 3 is 2.67 bits per heavy atom. The summed E-state index contributed by atoms with van der Waals surface area (Å²) in [4.78, 5) is 31.0. The predicted molar refractivity (Wildman–Crippen MR) is 105 cm³/mol. The van der Waals surface area contributed by atoms with Gasteiger partial charge in [-0.2, -0.15) is 0 Å². The van der Waals surface area contributed by atoms with Gasteiger partial charge in [-0.25, -0.2) is 9.78 Å². The van der Waals surface area contributed by atoms with E-state index in [-0.39, 0.29) is 12.5 Å². The molecule has 2 heterocycles. The second-order valence-electron chi connectivity index (χ2n) is 6.96. The quantitative estimate of drug-likeness (QED) is 0.816. The zero-order valence-corrected chi connectivity index (χ0v) is 15.6. The Hall–Kier alpha value is -2.83. The van der Waals surface area contributed by atoms with Gasteiger partial charge >= 0.3 is 6.09 Å². The SMILES string of the molecule is CNC(=O)CN(CCC1CCN(c2ccc3ccccc3n2)CC1)C(=O)O. The first-order valence-corrected chi connectivity index (χ1v) is 9.36. The second-order valence-corrected chi connectivity index (χ2v) is 6.96. The summed E-state index contributed by atoms with van der Waals surface area (Å²) < 4.78 is 0. The fourth-order valence-electron chi connectivity index (χ4n) is 3.52. The highest BCUT2D eigenvalue weighted by Crippen LogP contribution is 2.25. The van der Waals surface area contributed by atoms with Crippen molar-refractivity contribution in [1.29, 1.82) is 0 Å². The minimum absolute atomic E-state index is 0.105. The lowest BCUT2D eigenvalue weighted by molar-refractivity contribution is -0.121. The topological polar surface area (TPSA) is 85.8 Å². The van der Waals surface area contributed by atoms with Crippen molar-refractivity contribution >= 4 is 28.7 Å². The van der Waals surface area contributed by atoms with Crippen molar-refractivity contribution in [3.05, 3.63) is 36.4 Å². The molecule has 0 bridgehead atoms. The Morgan fingerprint density at radius 1 is 1.22 bits per heavy atom. The van der Waals surface area contributed by atoms with E-state index in [2.05, 4.69) is 28.4 Å². The number of rotatable bonds is 6. The van der Waals surface area contributed by atoms with Crippen LogP contribution in [-0.2, 0) is 4.79 Å². The van der Waals surface area contributed by atoms with Crippen molar-refractivity contribution < 1.29 is 14.7 Å². The number of carboxylic acid groups (broad SMARTS) is 1. The van der Waals surface area contributed by atoms with Gasteiger partial charge in [0, 0.05) is 32.1 Å². The van der Waals surface area contributed by atoms with E-state index in [9.17, 15) is 14.7 Å². The fraction of sp³-hybridized carbons (Fsp3) is 0.450. The van der Waals surface area contributed by atoms with Crippen LogP contribution < -0.4 is 10.2 Å². The van der Waals surface area contributed by atoms with E-state index in [4.69, 9.17) is 4.98 Å². The van der Waals surface area contributed by atoms with Gasteiger partial charge in [-0.3, -0.25) is 9.69 Å². The van der Waals surface area contributed by atoms with E-state index in [1.807, 2.05) is 18.2 Å². The average Bonchev–Trinajstić information content (AvgIpc) is 2.70. The summed E-state index contributed by atoms with van der Waals surface area (Å²) in [7, 11) is 1.51. The third-order valence-electron chi connectivity index (χ3n) is 5.21. The standard InChI is InChI=1S/C20H26N4O3/c1-21-19(25)14-24(20(26)27)13-10-15-8-11-23(12-9-15)18-7-6-16-4-2-3-5-17(16)22-18/h2-7,15H,8-14H2,1H3,(H,21,25)(H,26,27). The highest BCUT2D eigenvalue weighted by molar-refractivity contribution is 5.81. The summed E-state index contributed by atoms with van der Waals surface area (Å²) in [6.07, 6.45) is 1.74. The van der Waals surface area contributed by atoms with Gasteiger partial charge in [-0.1, -0.05) is 18.2 Å². The number of pyridine rings is 1. The number of hydrogen-bond donors (Lipinski definition) is 2. The average molecular weight is 370 g/mol. The maximum Gasteiger partial charge on any atom is 0.407 e. The summed E-state index contributed by atoms with van der Waals surface area (Å²) in [5, 5.41) is 12.9. The van der Waals surface area contributed by atoms with Crippen LogP contribution in [0.1, 0.15) is 19.3 Å². The van der Waals surface area contributed by atoms with E-state index in [0.717, 1.165) is 49.1 Å². The van der Waals surface area contributed by atoms with Crippen molar-refractivity contribution in [2.45, 2.75) is 19.3 Å². The van der Waals surface area contributed by atoms with E-state index in [1.165, 1.54) is 11.9 Å². The number of anilines is 1. The monoisotopic (exact) mass is 370 g/mol. The molecule has 1 aromatic heterocycles. The minimum atomic E-state index is -1.05. The number of nitrogens with one attached hydrogen (secondary N) is 1. The summed E-state index contributed by atoms with van der Waals surface area (Å²) in [6.45, 7) is 2.12. The Bertz CT molecular complexity index is 803. The zero-order chi connectivity index (χ0) is 19.2. The molecular weight excluding hydrogens is 344 g/mol. The number of nitrogens with zero attached hydrogens (tertiary/aromatic N) is 3. The molecule has 0 radical (unpaired) electrons. The van der Waals surface area contributed by atoms with Crippen molar-refractivity contribution in [3.8, 4) is 0 Å². The van der Waals surface area contributed by atoms with E-state index >= 15 is 0 Å². The molecule has 0 spiro atoms. The van der Waals surface area contributed by atoms with Gasteiger partial charge in [0.05, 0.1) is 5.52 Å². The molecule has 0 aliphatic carbocycles. The van der Waals surface area contributed by atoms with Crippen LogP contribution in [-0.4, -0.2) is 60.2 Å². The van der Waals surface area contributed by atoms with Gasteiger partial charge in [0.15, 0.2) is 0 Å². The molecule has 0 unspecified atom stereocenters. The third kappa shape index (κ3) is 4.87. The smallest absolute Gasteiger partial charge is 0.407 e. The van der Waals surface area contributed by atoms with Gasteiger partial charge in [-0.05, 0) is 43.4 Å². The Balaban J connectivity index is 1.52. The first-order chi connectivity index (χ1) is 13.1. The lowest BCUT2D eigenvalue weighted by atomic mass is 9.93. The highest BCUT2D eigenvalue weighted by atomic mass is 16.4. The van der Waals surface area contributed by atoms with Crippen LogP contribution in [0.15, 0.2) is 36.4 Å². The zero-order valence-electron chi connectivity index (χ0n) is 15.6. The maximum absolute atomic E-state index is 11.4. The Kier molecular flexibility index (Phi) is 6.11. The molecule has 0 saturated carbocycles. The van der Waals surface area contributed by atoms with Crippen LogP contribution >= 0.6 is 0 Å². The lowest BCUT2D eigenvalue weighted by Crippen LogP contribution is -2.41. The van der Waals surface area contributed by atoms with Crippen LogP contribution in [0.4, 0.5) is 10.6 Å². The Morgan fingerprint density at radius 2 is 1.96 bits per heavy atom. The first-order valence-electron chi connectivity index (χ1n) is 9.36. The highest BCUT2D eigenvalue weighted by Gasteiger charge is 2.22. The number of amides is 2. The molecule has 7 heteroatoms. The molecule has 27 heavy (non-hydrogen) atoms. The third-order valence-corrected chi connectivity index (χ3v) is 5.21. The van der Waals surface area contributed by atoms with E-state index in [0.29, 0.717) is 12.5 Å². The molecule has 1 saturated heterocycles. The van der Waals surface area contributed by atoms with Crippen molar-refractivity contribution in [2.24, 2.45) is 5.92 Å². The lowest BCUT2D eigenvalue weighted by Gasteiger charge is -2.33. The number of para-hydroxylation sites is 1. The molecule has 144 valence electrons. The number of aromatic nitrogens is 1. The molecule has 2 amide bonds. The number of piperidine rings is 1. The van der Waals surface area contributed by atoms with Crippen LogP contribution in [0.25, 0.3) is 10.9 Å². The molecule has 3 rings (SSSR count). The van der Waals surface area contributed by atoms with Crippen LogP contribution in [0.2, 0.25) is 0 Å². The van der Waals surface area contributed by atoms with Crippen LogP contribution in [0.5, 0.6) is 0 Å². The van der Waals surface area contributed by atoms with Gasteiger partial charge in [0.2, 0.25) is 5.91 Å². The second kappa shape index (κ2) is 8.70. The van der Waals surface area contributed by atoms with Crippen LogP contribution in [0.3, 0.4) is 0 Å². The van der Waals surface area contributed by atoms with Crippen LogP contribution in [0, 0.1) is 5.92 Å². The van der Waals surface area contributed by atoms with Gasteiger partial charge < -0.3 is 15.3 Å². The molecule has 0 atom stereocenters. The number of hydrogen-bond acceptors (Lipinski definition) is 4. The van der Waals surface area contributed by atoms with E-state index in [1.54, 1.807) is 0 Å². The Labute approximate surface area is 159 Å². The number of likely N-dealkylation sites (N-methyl/N-ethyl adjacent to an activating group) is 1. The summed E-state index contributed by atoms with van der Waals surface area (Å²) in [5.41, 5.74) is 1.00. The molecule has 1 aliphatic rings. The summed E-state index contributed by atoms with van der Waals surface area (Å²) in [6, 6.07) is 12.3. The molecule has 1 fully saturated rings. The maximum atomic E-state index is 11.4. The number of carbonyl (C=O) groups excluding carboxylic acids is 1. The minimum Gasteiger partial charge on any atom is -0.465 e. The molecule has 2 aromatic rings. The molecule has 1 aromatic carbocycles. The molecule has 2 N–H and O–H groups in total. The fourth-order valence-corrected chi connectivity index (χ4v) is 3.52. The number of fused-ring (bicyclic) bond motifs is 1. The summed E-state index contributed by atoms with van der Waals surface area (Å²) in [5.74, 6) is 1.18. The number of benzene rings is 1. The van der Waals surface area contributed by atoms with Gasteiger partial charge in [0.25, 0.3) is 0 Å². The molecular formula is C20H26N4O3. The summed E-state index contributed by atoms with van der Waals surface area (Å²) >= 11 is 0. The normalized spacial score (nSPS) is 14.9. The first kappa shape index (κ1) is 18.9. The predicted octanol–water partition coefficient (Wildman–Crippen LogP) is 2.57. The van der Waals surface area contributed by atoms with Gasteiger partial charge in [-0.15, -0.1) is 0 Å². The van der Waals surface area contributed by atoms with Gasteiger partial charge in [0.1, 0.15) is 12.4 Å². The number of carbonyl (C=O) groups is 2.